The van der Waals surface area contributed by atoms with E-state index in [4.69, 9.17) is 9.52 Å². The van der Waals surface area contributed by atoms with Crippen molar-refractivity contribution in [3.05, 3.63) is 23.7 Å². The van der Waals surface area contributed by atoms with Gasteiger partial charge in [0.2, 0.25) is 5.76 Å². The minimum absolute atomic E-state index is 0.0508. The number of furan rings is 1. The van der Waals surface area contributed by atoms with Gasteiger partial charge in [-0.25, -0.2) is 4.79 Å². The van der Waals surface area contributed by atoms with Crippen molar-refractivity contribution in [3.8, 4) is 0 Å². The molecule has 2 rings (SSSR count). The van der Waals surface area contributed by atoms with Crippen molar-refractivity contribution in [2.45, 2.75) is 32.4 Å². The average molecular weight is 209 g/mol. The van der Waals surface area contributed by atoms with Gasteiger partial charge in [0.05, 0.1) is 6.26 Å². The molecule has 0 spiro atoms. The topological polar surface area (TPSA) is 62.5 Å². The molecule has 15 heavy (non-hydrogen) atoms. The molecule has 1 heterocycles. The first-order valence-corrected chi connectivity index (χ1v) is 5.20. The molecule has 4 heteroatoms. The van der Waals surface area contributed by atoms with Crippen LogP contribution in [-0.4, -0.2) is 17.1 Å². The van der Waals surface area contributed by atoms with Gasteiger partial charge in [-0.05, 0) is 24.8 Å². The van der Waals surface area contributed by atoms with Crippen LogP contribution in [0.5, 0.6) is 0 Å². The molecular formula is C11H15NO3. The van der Waals surface area contributed by atoms with Crippen LogP contribution in [-0.2, 0) is 6.54 Å². The Hall–Kier alpha value is -1.29. The van der Waals surface area contributed by atoms with Gasteiger partial charge >= 0.3 is 5.97 Å². The maximum Gasteiger partial charge on any atom is 0.372 e. The van der Waals surface area contributed by atoms with E-state index >= 15 is 0 Å². The molecule has 0 aromatic carbocycles. The third kappa shape index (κ3) is 2.21. The highest BCUT2D eigenvalue weighted by atomic mass is 16.4. The van der Waals surface area contributed by atoms with Crippen LogP contribution in [0.25, 0.3) is 0 Å². The van der Waals surface area contributed by atoms with Crippen molar-refractivity contribution in [3.63, 3.8) is 0 Å². The summed E-state index contributed by atoms with van der Waals surface area (Å²) >= 11 is 0. The second-order valence-electron chi connectivity index (χ2n) is 4.23. The maximum absolute atomic E-state index is 10.7. The fraction of sp³-hybridized carbons (Fsp3) is 0.545. The van der Waals surface area contributed by atoms with E-state index in [1.54, 1.807) is 6.07 Å². The molecular weight excluding hydrogens is 194 g/mol. The van der Waals surface area contributed by atoms with Gasteiger partial charge < -0.3 is 14.8 Å². The lowest BCUT2D eigenvalue weighted by atomic mass is 9.82. The molecule has 4 nitrogen and oxygen atoms in total. The van der Waals surface area contributed by atoms with Crippen LogP contribution >= 0.6 is 0 Å². The van der Waals surface area contributed by atoms with Crippen LogP contribution in [0.3, 0.4) is 0 Å². The maximum atomic E-state index is 10.7. The summed E-state index contributed by atoms with van der Waals surface area (Å²) in [6, 6.07) is 2.25. The fourth-order valence-electron chi connectivity index (χ4n) is 1.99. The first-order valence-electron chi connectivity index (χ1n) is 5.20. The Morgan fingerprint density at radius 3 is 3.00 bits per heavy atom. The van der Waals surface area contributed by atoms with Crippen molar-refractivity contribution >= 4 is 5.97 Å². The van der Waals surface area contributed by atoms with Gasteiger partial charge in [0.1, 0.15) is 0 Å². The van der Waals surface area contributed by atoms with Gasteiger partial charge in [-0.1, -0.05) is 6.92 Å². The Bertz CT molecular complexity index is 352. The summed E-state index contributed by atoms with van der Waals surface area (Å²) in [4.78, 5) is 10.7. The Kier molecular flexibility index (Phi) is 2.77. The van der Waals surface area contributed by atoms with Gasteiger partial charge in [-0.2, -0.15) is 0 Å². The highest BCUT2D eigenvalue weighted by Crippen LogP contribution is 2.26. The molecule has 1 aliphatic rings. The first kappa shape index (κ1) is 10.2. The van der Waals surface area contributed by atoms with E-state index in [0.29, 0.717) is 12.6 Å². The summed E-state index contributed by atoms with van der Waals surface area (Å²) in [7, 11) is 0. The van der Waals surface area contributed by atoms with E-state index in [1.165, 1.54) is 19.1 Å². The molecule has 1 fully saturated rings. The molecule has 0 unspecified atom stereocenters. The van der Waals surface area contributed by atoms with Crippen LogP contribution in [0.15, 0.2) is 16.7 Å². The molecule has 0 saturated heterocycles. The molecule has 0 radical (unpaired) electrons. The quantitative estimate of drug-likeness (QED) is 0.794. The average Bonchev–Trinajstić information content (AvgIpc) is 2.58. The molecule has 1 aromatic heterocycles. The summed E-state index contributed by atoms with van der Waals surface area (Å²) in [6.07, 6.45) is 3.78. The minimum atomic E-state index is -1.00. The summed E-state index contributed by atoms with van der Waals surface area (Å²) in [5.41, 5.74) is 0.724. The molecule has 0 aliphatic heterocycles. The van der Waals surface area contributed by atoms with Crippen molar-refractivity contribution in [1.82, 2.24) is 5.32 Å². The molecule has 1 aromatic rings. The van der Waals surface area contributed by atoms with Crippen molar-refractivity contribution < 1.29 is 14.3 Å². The van der Waals surface area contributed by atoms with Crippen LogP contribution < -0.4 is 5.32 Å². The largest absolute Gasteiger partial charge is 0.475 e. The third-order valence-corrected chi connectivity index (χ3v) is 2.90. The summed E-state index contributed by atoms with van der Waals surface area (Å²) in [5.74, 6) is -0.153. The molecule has 82 valence electrons. The van der Waals surface area contributed by atoms with Gasteiger partial charge in [0, 0.05) is 18.2 Å². The lowest BCUT2D eigenvalue weighted by molar-refractivity contribution is 0.0660. The number of hydrogen-bond donors (Lipinski definition) is 2. The molecule has 1 aliphatic carbocycles. The third-order valence-electron chi connectivity index (χ3n) is 2.90. The van der Waals surface area contributed by atoms with E-state index in [0.717, 1.165) is 11.5 Å². The molecule has 0 atom stereocenters. The van der Waals surface area contributed by atoms with E-state index in [1.807, 2.05) is 0 Å². The fourth-order valence-corrected chi connectivity index (χ4v) is 1.99. The predicted octanol–water partition coefficient (Wildman–Crippen LogP) is 1.87. The van der Waals surface area contributed by atoms with E-state index in [2.05, 4.69) is 12.2 Å². The standard InChI is InChI=1S/C11H15NO3/c1-7-4-9(5-7)12-6-8-2-3-15-10(8)11(13)14/h2-3,7,9,12H,4-6H2,1H3,(H,13,14). The van der Waals surface area contributed by atoms with Crippen LogP contribution in [0.2, 0.25) is 0 Å². The van der Waals surface area contributed by atoms with Gasteiger partial charge in [0.25, 0.3) is 0 Å². The lowest BCUT2D eigenvalue weighted by Gasteiger charge is -2.33. The summed E-state index contributed by atoms with van der Waals surface area (Å²) in [5, 5.41) is 12.1. The zero-order valence-electron chi connectivity index (χ0n) is 8.69. The van der Waals surface area contributed by atoms with E-state index in [-0.39, 0.29) is 5.76 Å². The normalized spacial score (nSPS) is 24.9. The monoisotopic (exact) mass is 209 g/mol. The number of carboxylic acid groups (broad SMARTS) is 1. The number of hydrogen-bond acceptors (Lipinski definition) is 3. The number of rotatable bonds is 4. The SMILES string of the molecule is CC1CC(NCc2ccoc2C(=O)O)C1. The second-order valence-corrected chi connectivity index (χ2v) is 4.23. The molecule has 1 saturated carbocycles. The minimum Gasteiger partial charge on any atom is -0.475 e. The molecule has 2 N–H and O–H groups in total. The van der Waals surface area contributed by atoms with Crippen molar-refractivity contribution in [2.24, 2.45) is 5.92 Å². The van der Waals surface area contributed by atoms with Crippen molar-refractivity contribution in [2.75, 3.05) is 0 Å². The highest BCUT2D eigenvalue weighted by Gasteiger charge is 2.25. The highest BCUT2D eigenvalue weighted by molar-refractivity contribution is 5.86. The number of carbonyl (C=O) groups is 1. The Morgan fingerprint density at radius 2 is 2.40 bits per heavy atom. The second kappa shape index (κ2) is 4.06. The zero-order valence-corrected chi connectivity index (χ0v) is 8.69. The van der Waals surface area contributed by atoms with Gasteiger partial charge in [-0.15, -0.1) is 0 Å². The Balaban J connectivity index is 1.88. The van der Waals surface area contributed by atoms with E-state index in [9.17, 15) is 4.79 Å². The zero-order chi connectivity index (χ0) is 10.8. The number of aromatic carboxylic acids is 1. The molecule has 0 amide bonds. The molecule has 0 bridgehead atoms. The summed E-state index contributed by atoms with van der Waals surface area (Å²) in [6.45, 7) is 2.80. The van der Waals surface area contributed by atoms with Crippen LogP contribution in [0.1, 0.15) is 35.9 Å². The number of nitrogens with one attached hydrogen (secondary N) is 1. The van der Waals surface area contributed by atoms with Crippen LogP contribution in [0.4, 0.5) is 0 Å². The summed E-state index contributed by atoms with van der Waals surface area (Å²) < 4.78 is 4.89. The van der Waals surface area contributed by atoms with Gasteiger partial charge in [-0.3, -0.25) is 0 Å². The lowest BCUT2D eigenvalue weighted by Crippen LogP contribution is -2.39. The van der Waals surface area contributed by atoms with E-state index < -0.39 is 5.97 Å². The number of carboxylic acids is 1. The van der Waals surface area contributed by atoms with Crippen molar-refractivity contribution in [1.29, 1.82) is 0 Å². The Morgan fingerprint density at radius 1 is 1.67 bits per heavy atom. The predicted molar refractivity (Wildman–Crippen MR) is 54.7 cm³/mol. The van der Waals surface area contributed by atoms with Gasteiger partial charge in [0.15, 0.2) is 0 Å². The first-order chi connectivity index (χ1) is 7.16. The van der Waals surface area contributed by atoms with Crippen LogP contribution in [0, 0.1) is 5.92 Å². The smallest absolute Gasteiger partial charge is 0.372 e. The Labute approximate surface area is 88.3 Å².